The van der Waals surface area contributed by atoms with Gasteiger partial charge in [0, 0.05) is 30.7 Å². The molecule has 0 aliphatic carbocycles. The molecule has 0 fully saturated rings. The largest absolute Gasteiger partial charge is 0.378 e. The average molecular weight is 279 g/mol. The number of anilines is 1. The van der Waals surface area contributed by atoms with Gasteiger partial charge in [0.1, 0.15) is 11.5 Å². The lowest BCUT2D eigenvalue weighted by atomic mass is 10.2. The molecule has 1 N–H and O–H groups in total. The van der Waals surface area contributed by atoms with Crippen molar-refractivity contribution in [2.45, 2.75) is 0 Å². The number of pyridine rings is 1. The highest BCUT2D eigenvalue weighted by atomic mass is 19.1. The first kappa shape index (κ1) is 13.2. The number of fused-ring (bicyclic) bond motifs is 1. The summed E-state index contributed by atoms with van der Waals surface area (Å²) in [5, 5.41) is 0.723. The monoisotopic (exact) mass is 279 g/mol. The van der Waals surface area contributed by atoms with E-state index in [2.05, 4.69) is 21.8 Å². The van der Waals surface area contributed by atoms with Crippen LogP contribution in [0.5, 0.6) is 0 Å². The lowest BCUT2D eigenvalue weighted by Crippen LogP contribution is -2.08. The van der Waals surface area contributed by atoms with Crippen molar-refractivity contribution >= 4 is 16.7 Å². The summed E-state index contributed by atoms with van der Waals surface area (Å²) in [6.07, 6.45) is 1.19. The second-order valence-corrected chi connectivity index (χ2v) is 4.97. The highest BCUT2D eigenvalue weighted by Crippen LogP contribution is 2.15. The van der Waals surface area contributed by atoms with E-state index in [1.54, 1.807) is 6.07 Å². The maximum Gasteiger partial charge on any atom is 0.142 e. The molecule has 1 aromatic carbocycles. The van der Waals surface area contributed by atoms with E-state index in [9.17, 15) is 4.39 Å². The summed E-state index contributed by atoms with van der Waals surface area (Å²) in [6, 6.07) is 11.2. The van der Waals surface area contributed by atoms with E-state index in [0.717, 1.165) is 22.3 Å². The Bertz CT molecular complexity index is 853. The molecule has 0 saturated carbocycles. The quantitative estimate of drug-likeness (QED) is 0.694. The van der Waals surface area contributed by atoms with Crippen molar-refractivity contribution in [1.82, 2.24) is 9.97 Å². The molecule has 3 rings (SSSR count). The molecule has 0 saturated heterocycles. The van der Waals surface area contributed by atoms with Crippen molar-refractivity contribution < 1.29 is 4.39 Å². The third-order valence-electron chi connectivity index (χ3n) is 3.14. The lowest BCUT2D eigenvalue weighted by Gasteiger charge is -2.11. The number of aromatic amines is 1. The molecule has 104 valence electrons. The molecule has 0 aliphatic rings. The fourth-order valence-corrected chi connectivity index (χ4v) is 2.06. The zero-order chi connectivity index (χ0) is 14.8. The topological polar surface area (TPSA) is 31.9 Å². The zero-order valence-corrected chi connectivity index (χ0v) is 11.8. The standard InChI is InChI=1S/C17H14FN3/c1-21(2)16-5-3-4-12(8-16)6-7-15-10-13-9-14(18)11-19-17(13)20-15/h3-5,8-11H,1-2H3,(H,19,20). The summed E-state index contributed by atoms with van der Waals surface area (Å²) in [6.45, 7) is 0. The van der Waals surface area contributed by atoms with Crippen LogP contribution in [0.25, 0.3) is 11.0 Å². The van der Waals surface area contributed by atoms with E-state index in [4.69, 9.17) is 0 Å². The predicted molar refractivity (Wildman–Crippen MR) is 82.8 cm³/mol. The molecule has 0 amide bonds. The molecule has 0 bridgehead atoms. The van der Waals surface area contributed by atoms with Gasteiger partial charge < -0.3 is 9.88 Å². The molecular weight excluding hydrogens is 265 g/mol. The molecule has 0 radical (unpaired) electrons. The first-order valence-corrected chi connectivity index (χ1v) is 6.55. The van der Waals surface area contributed by atoms with E-state index in [0.29, 0.717) is 5.65 Å². The molecule has 0 atom stereocenters. The molecule has 0 unspecified atom stereocenters. The van der Waals surface area contributed by atoms with Gasteiger partial charge in [-0.1, -0.05) is 12.0 Å². The minimum Gasteiger partial charge on any atom is -0.378 e. The van der Waals surface area contributed by atoms with E-state index < -0.39 is 0 Å². The fraction of sp³-hybridized carbons (Fsp3) is 0.118. The Hall–Kier alpha value is -2.80. The Kier molecular flexibility index (Phi) is 3.33. The van der Waals surface area contributed by atoms with Crippen molar-refractivity contribution in [1.29, 1.82) is 0 Å². The Balaban J connectivity index is 1.93. The molecular formula is C17H14FN3. The number of H-pyrrole nitrogens is 1. The van der Waals surface area contributed by atoms with Crippen molar-refractivity contribution in [3.63, 3.8) is 0 Å². The highest BCUT2D eigenvalue weighted by molar-refractivity contribution is 5.77. The van der Waals surface area contributed by atoms with Crippen LogP contribution in [0.1, 0.15) is 11.3 Å². The SMILES string of the molecule is CN(C)c1cccc(C#Cc2cc3cc(F)cnc3[nH]2)c1. The van der Waals surface area contributed by atoms with Gasteiger partial charge in [-0.15, -0.1) is 0 Å². The van der Waals surface area contributed by atoms with Gasteiger partial charge >= 0.3 is 0 Å². The maximum absolute atomic E-state index is 13.1. The smallest absolute Gasteiger partial charge is 0.142 e. The summed E-state index contributed by atoms with van der Waals surface area (Å²) in [7, 11) is 3.98. The average Bonchev–Trinajstić information content (AvgIpc) is 2.87. The number of halogens is 1. The number of nitrogens with one attached hydrogen (secondary N) is 1. The number of nitrogens with zero attached hydrogens (tertiary/aromatic N) is 2. The molecule has 0 aliphatic heterocycles. The molecule has 4 heteroatoms. The molecule has 3 aromatic rings. The van der Waals surface area contributed by atoms with Crippen molar-refractivity contribution in [2.75, 3.05) is 19.0 Å². The van der Waals surface area contributed by atoms with Crippen LogP contribution >= 0.6 is 0 Å². The number of aromatic nitrogens is 2. The Labute approximate surface area is 122 Å². The zero-order valence-electron chi connectivity index (χ0n) is 11.8. The third kappa shape index (κ3) is 2.87. The van der Waals surface area contributed by atoms with Crippen LogP contribution < -0.4 is 4.90 Å². The van der Waals surface area contributed by atoms with Crippen LogP contribution in [0, 0.1) is 17.7 Å². The number of rotatable bonds is 1. The Morgan fingerprint density at radius 3 is 2.81 bits per heavy atom. The molecule has 2 heterocycles. The fourth-order valence-electron chi connectivity index (χ4n) is 2.06. The van der Waals surface area contributed by atoms with Crippen LogP contribution in [0.2, 0.25) is 0 Å². The highest BCUT2D eigenvalue weighted by Gasteiger charge is 2.01. The normalized spacial score (nSPS) is 10.2. The summed E-state index contributed by atoms with van der Waals surface area (Å²) >= 11 is 0. The Morgan fingerprint density at radius 2 is 2.00 bits per heavy atom. The molecule has 0 spiro atoms. The maximum atomic E-state index is 13.1. The van der Waals surface area contributed by atoms with Crippen LogP contribution in [-0.2, 0) is 0 Å². The van der Waals surface area contributed by atoms with E-state index in [-0.39, 0.29) is 5.82 Å². The van der Waals surface area contributed by atoms with Crippen LogP contribution in [-0.4, -0.2) is 24.1 Å². The van der Waals surface area contributed by atoms with Crippen LogP contribution in [0.15, 0.2) is 42.6 Å². The van der Waals surface area contributed by atoms with Gasteiger partial charge in [0.15, 0.2) is 0 Å². The molecule has 2 aromatic heterocycles. The summed E-state index contributed by atoms with van der Waals surface area (Å²) in [5.41, 5.74) is 3.39. The summed E-state index contributed by atoms with van der Waals surface area (Å²) in [5.74, 6) is 5.80. The first-order valence-electron chi connectivity index (χ1n) is 6.55. The van der Waals surface area contributed by atoms with Crippen molar-refractivity contribution in [3.05, 3.63) is 59.7 Å². The van der Waals surface area contributed by atoms with E-state index in [1.807, 2.05) is 43.3 Å². The second kappa shape index (κ2) is 5.29. The number of benzene rings is 1. The van der Waals surface area contributed by atoms with Gasteiger partial charge in [0.05, 0.1) is 11.9 Å². The van der Waals surface area contributed by atoms with E-state index >= 15 is 0 Å². The van der Waals surface area contributed by atoms with Gasteiger partial charge in [0.25, 0.3) is 0 Å². The van der Waals surface area contributed by atoms with Crippen molar-refractivity contribution in [2.24, 2.45) is 0 Å². The van der Waals surface area contributed by atoms with Gasteiger partial charge in [-0.05, 0) is 36.3 Å². The van der Waals surface area contributed by atoms with Gasteiger partial charge in [0.2, 0.25) is 0 Å². The molecule has 3 nitrogen and oxygen atoms in total. The van der Waals surface area contributed by atoms with Crippen molar-refractivity contribution in [3.8, 4) is 11.8 Å². The molecule has 21 heavy (non-hydrogen) atoms. The number of hydrogen-bond acceptors (Lipinski definition) is 2. The van der Waals surface area contributed by atoms with Crippen LogP contribution in [0.3, 0.4) is 0 Å². The predicted octanol–water partition coefficient (Wildman–Crippen LogP) is 3.17. The third-order valence-corrected chi connectivity index (χ3v) is 3.14. The van der Waals surface area contributed by atoms with Gasteiger partial charge in [-0.2, -0.15) is 0 Å². The Morgan fingerprint density at radius 1 is 1.14 bits per heavy atom. The number of hydrogen-bond donors (Lipinski definition) is 1. The minimum atomic E-state index is -0.348. The van der Waals surface area contributed by atoms with Gasteiger partial charge in [-0.3, -0.25) is 0 Å². The van der Waals surface area contributed by atoms with Crippen LogP contribution in [0.4, 0.5) is 10.1 Å². The van der Waals surface area contributed by atoms with E-state index in [1.165, 1.54) is 12.3 Å². The second-order valence-electron chi connectivity index (χ2n) is 4.97. The van der Waals surface area contributed by atoms with Gasteiger partial charge in [-0.25, -0.2) is 9.37 Å². The first-order chi connectivity index (χ1) is 10.1. The minimum absolute atomic E-state index is 0.348. The lowest BCUT2D eigenvalue weighted by molar-refractivity contribution is 0.624. The summed E-state index contributed by atoms with van der Waals surface area (Å²) in [4.78, 5) is 9.09. The summed E-state index contributed by atoms with van der Waals surface area (Å²) < 4.78 is 13.1.